The lowest BCUT2D eigenvalue weighted by Gasteiger charge is -2.34. The molecule has 238 valence electrons. The molecule has 0 saturated carbocycles. The predicted octanol–water partition coefficient (Wildman–Crippen LogP) is 8.85. The summed E-state index contributed by atoms with van der Waals surface area (Å²) < 4.78 is 37.2. The quantitative estimate of drug-likeness (QED) is 0.279. The Bertz CT molecular complexity index is 1230. The third-order valence-corrected chi connectivity index (χ3v) is 7.60. The van der Waals surface area contributed by atoms with Gasteiger partial charge in [0, 0.05) is 75.4 Å². The fourth-order valence-corrected chi connectivity index (χ4v) is 5.51. The van der Waals surface area contributed by atoms with E-state index in [1.807, 2.05) is 45.0 Å². The molecule has 2 aromatic heterocycles. The zero-order valence-corrected chi connectivity index (χ0v) is 27.5. The summed E-state index contributed by atoms with van der Waals surface area (Å²) in [5, 5.41) is 0. The number of hydrogen-bond acceptors (Lipinski definition) is 5. The lowest BCUT2D eigenvalue weighted by molar-refractivity contribution is -0.141. The summed E-state index contributed by atoms with van der Waals surface area (Å²) in [6.07, 6.45) is 7.66. The van der Waals surface area contributed by atoms with E-state index < -0.39 is 11.9 Å². The molecule has 5 nitrogen and oxygen atoms in total. The molecule has 1 aromatic carbocycles. The van der Waals surface area contributed by atoms with E-state index in [9.17, 15) is 13.2 Å². The van der Waals surface area contributed by atoms with Crippen molar-refractivity contribution in [2.24, 2.45) is 0 Å². The van der Waals surface area contributed by atoms with Gasteiger partial charge in [-0.1, -0.05) is 45.9 Å². The van der Waals surface area contributed by atoms with Gasteiger partial charge in [-0.3, -0.25) is 9.97 Å². The summed E-state index contributed by atoms with van der Waals surface area (Å²) in [7, 11) is 3.97. The molecule has 0 saturated heterocycles. The summed E-state index contributed by atoms with van der Waals surface area (Å²) in [5.41, 5.74) is 6.45. The average molecular weight is 600 g/mol. The minimum atomic E-state index is -4.35. The van der Waals surface area contributed by atoms with Crippen LogP contribution < -0.4 is 14.7 Å². The fourth-order valence-electron chi connectivity index (χ4n) is 5.51. The van der Waals surface area contributed by atoms with E-state index in [1.54, 1.807) is 7.05 Å². The van der Waals surface area contributed by atoms with Gasteiger partial charge in [0.2, 0.25) is 0 Å². The molecule has 3 aromatic rings. The molecule has 3 aliphatic heterocycles. The number of anilines is 3. The fraction of sp³-hybridized carbons (Fsp3) is 0.543. The monoisotopic (exact) mass is 599 g/mol. The van der Waals surface area contributed by atoms with E-state index in [-0.39, 0.29) is 0 Å². The number of fused-ring (bicyclic) bond motifs is 3. The van der Waals surface area contributed by atoms with Crippen LogP contribution in [0.15, 0.2) is 55.0 Å². The lowest BCUT2D eigenvalue weighted by Crippen LogP contribution is -2.35. The van der Waals surface area contributed by atoms with Gasteiger partial charge in [-0.05, 0) is 87.3 Å². The molecule has 0 amide bonds. The van der Waals surface area contributed by atoms with E-state index in [0.717, 1.165) is 31.0 Å². The molecular weight excluding hydrogens is 547 g/mol. The maximum absolute atomic E-state index is 12.4. The Morgan fingerprint density at radius 3 is 1.86 bits per heavy atom. The first-order chi connectivity index (χ1) is 20.6. The Kier molecular flexibility index (Phi) is 14.8. The largest absolute Gasteiger partial charge is 0.433 e. The summed E-state index contributed by atoms with van der Waals surface area (Å²) in [6, 6.07) is 12.5. The van der Waals surface area contributed by atoms with Crippen LogP contribution in [0, 0.1) is 0 Å². The lowest BCUT2D eigenvalue weighted by atomic mass is 10.0. The highest BCUT2D eigenvalue weighted by Gasteiger charge is 2.33. The van der Waals surface area contributed by atoms with Gasteiger partial charge in [-0.15, -0.1) is 0 Å². The Labute approximate surface area is 258 Å². The van der Waals surface area contributed by atoms with Crippen molar-refractivity contribution in [2.45, 2.75) is 92.3 Å². The highest BCUT2D eigenvalue weighted by atomic mass is 19.4. The number of rotatable bonds is 1. The van der Waals surface area contributed by atoms with Gasteiger partial charge in [0.05, 0.1) is 0 Å². The Hall–Kier alpha value is -3.29. The number of alkyl halides is 3. The smallest absolute Gasteiger partial charge is 0.374 e. The number of aryl methyl sites for hydroxylation is 3. The predicted molar refractivity (Wildman–Crippen MR) is 177 cm³/mol. The molecule has 0 spiro atoms. The highest BCUT2D eigenvalue weighted by Crippen LogP contribution is 2.33. The number of nitrogens with zero attached hydrogens (tertiary/aromatic N) is 5. The third-order valence-electron chi connectivity index (χ3n) is 7.60. The van der Waals surface area contributed by atoms with Crippen LogP contribution in [0.1, 0.15) is 83.2 Å². The first-order valence-corrected chi connectivity index (χ1v) is 15.9. The van der Waals surface area contributed by atoms with E-state index in [0.29, 0.717) is 11.7 Å². The summed E-state index contributed by atoms with van der Waals surface area (Å²) in [5.74, 6) is 0. The molecule has 6 rings (SSSR count). The zero-order valence-electron chi connectivity index (χ0n) is 27.5. The minimum absolute atomic E-state index is 0.599. The first kappa shape index (κ1) is 35.9. The van der Waals surface area contributed by atoms with Crippen LogP contribution >= 0.6 is 0 Å². The van der Waals surface area contributed by atoms with Gasteiger partial charge in [0.1, 0.15) is 5.69 Å². The topological polar surface area (TPSA) is 35.5 Å². The molecule has 0 fully saturated rings. The van der Waals surface area contributed by atoms with Crippen LogP contribution in [0.3, 0.4) is 0 Å². The van der Waals surface area contributed by atoms with Crippen molar-refractivity contribution in [3.8, 4) is 0 Å². The number of aromatic nitrogens is 2. The van der Waals surface area contributed by atoms with E-state index >= 15 is 0 Å². The summed E-state index contributed by atoms with van der Waals surface area (Å²) in [6.45, 7) is 15.7. The Morgan fingerprint density at radius 1 is 0.698 bits per heavy atom. The van der Waals surface area contributed by atoms with Crippen LogP contribution in [0.5, 0.6) is 0 Å². The van der Waals surface area contributed by atoms with Crippen molar-refractivity contribution in [1.82, 2.24) is 9.97 Å². The standard InChI is InChI=1S/C11H16N2.C10H11F3N2.C10H13N.2C2H6/c1-9(2)13-7-3-4-10-8-12-6-5-11(10)13;1-15-4-2-3-7-6-14-9(5-8(7)15)10(11,12)13;1-11-8-4-6-9-5-2-3-7-10(9)11;2*1-2/h5-6,8-9H,3-4,7H2,1-2H3;5-6H,2-4H2,1H3;2-3,5,7H,4,6,8H2,1H3;2*1-2H3. The third kappa shape index (κ3) is 10.1. The molecule has 0 unspecified atom stereocenters. The molecule has 0 atom stereocenters. The van der Waals surface area contributed by atoms with Crippen LogP contribution in [0.4, 0.5) is 30.2 Å². The highest BCUT2D eigenvalue weighted by molar-refractivity contribution is 5.56. The van der Waals surface area contributed by atoms with Crippen molar-refractivity contribution in [3.05, 3.63) is 77.4 Å². The molecule has 0 N–H and O–H groups in total. The molecule has 43 heavy (non-hydrogen) atoms. The van der Waals surface area contributed by atoms with Crippen LogP contribution in [-0.4, -0.2) is 49.7 Å². The number of halogens is 3. The van der Waals surface area contributed by atoms with Gasteiger partial charge in [-0.2, -0.15) is 13.2 Å². The van der Waals surface area contributed by atoms with Crippen molar-refractivity contribution >= 4 is 17.1 Å². The molecule has 0 bridgehead atoms. The summed E-state index contributed by atoms with van der Waals surface area (Å²) in [4.78, 5) is 14.2. The number of para-hydroxylation sites is 1. The average Bonchev–Trinajstić information content (AvgIpc) is 3.03. The van der Waals surface area contributed by atoms with Gasteiger partial charge < -0.3 is 14.7 Å². The van der Waals surface area contributed by atoms with Crippen LogP contribution in [-0.2, 0) is 25.4 Å². The van der Waals surface area contributed by atoms with E-state index in [1.165, 1.54) is 67.5 Å². The Morgan fingerprint density at radius 2 is 1.26 bits per heavy atom. The number of pyridine rings is 2. The van der Waals surface area contributed by atoms with Crippen molar-refractivity contribution in [3.63, 3.8) is 0 Å². The van der Waals surface area contributed by atoms with Gasteiger partial charge in [0.15, 0.2) is 0 Å². The Balaban J connectivity index is 0.000000214. The molecule has 0 radical (unpaired) electrons. The van der Waals surface area contributed by atoms with Gasteiger partial charge >= 0.3 is 6.18 Å². The van der Waals surface area contributed by atoms with Gasteiger partial charge in [0.25, 0.3) is 0 Å². The van der Waals surface area contributed by atoms with Crippen molar-refractivity contribution in [2.75, 3.05) is 48.4 Å². The molecule has 8 heteroatoms. The second-order valence-corrected chi connectivity index (χ2v) is 10.8. The van der Waals surface area contributed by atoms with Gasteiger partial charge in [-0.25, -0.2) is 0 Å². The second kappa shape index (κ2) is 17.7. The zero-order chi connectivity index (χ0) is 32.0. The first-order valence-electron chi connectivity index (χ1n) is 15.9. The molecule has 5 heterocycles. The molecule has 3 aliphatic rings. The maximum Gasteiger partial charge on any atom is 0.433 e. The molecular formula is C35H52F3N5. The van der Waals surface area contributed by atoms with E-state index in [4.69, 9.17) is 0 Å². The van der Waals surface area contributed by atoms with Crippen LogP contribution in [0.25, 0.3) is 0 Å². The van der Waals surface area contributed by atoms with E-state index in [2.05, 4.69) is 71.0 Å². The SMILES string of the molecule is CC.CC.CC(C)N1CCCc2cnccc21.CN1CCCc2ccccc21.CN1CCCc2cnc(C(F)(F)F)cc21. The minimum Gasteiger partial charge on any atom is -0.374 e. The normalized spacial score (nSPS) is 15.0. The number of hydrogen-bond donors (Lipinski definition) is 0. The van der Waals surface area contributed by atoms with Crippen molar-refractivity contribution in [1.29, 1.82) is 0 Å². The maximum atomic E-state index is 12.4. The van der Waals surface area contributed by atoms with Crippen LogP contribution in [0.2, 0.25) is 0 Å². The second-order valence-electron chi connectivity index (χ2n) is 10.8. The summed E-state index contributed by atoms with van der Waals surface area (Å²) >= 11 is 0. The number of benzene rings is 1. The molecule has 0 aliphatic carbocycles. The van der Waals surface area contributed by atoms with Crippen molar-refractivity contribution < 1.29 is 13.2 Å².